The van der Waals surface area contributed by atoms with E-state index in [1.54, 1.807) is 22.7 Å². The summed E-state index contributed by atoms with van der Waals surface area (Å²) in [7, 11) is 0. The lowest BCUT2D eigenvalue weighted by molar-refractivity contribution is 0.788. The normalized spacial score (nSPS) is 11.7. The number of nitrogens with one attached hydrogen (secondary N) is 2. The third kappa shape index (κ3) is 5.38. The van der Waals surface area contributed by atoms with Crippen molar-refractivity contribution in [1.82, 2.24) is 20.6 Å². The molecule has 7 heteroatoms. The summed E-state index contributed by atoms with van der Waals surface area (Å²) in [6.45, 7) is 8.51. The summed E-state index contributed by atoms with van der Waals surface area (Å²) < 4.78 is 0. The van der Waals surface area contributed by atoms with Crippen LogP contribution in [0.2, 0.25) is 0 Å². The van der Waals surface area contributed by atoms with Gasteiger partial charge in [-0.2, -0.15) is 0 Å². The summed E-state index contributed by atoms with van der Waals surface area (Å²) >= 11 is 3.40. The number of aryl methyl sites for hydroxylation is 2. The minimum atomic E-state index is 0.613. The largest absolute Gasteiger partial charge is 0.357 e. The highest BCUT2D eigenvalue weighted by Gasteiger charge is 2.02. The lowest BCUT2D eigenvalue weighted by Crippen LogP contribution is -2.38. The number of hydrogen-bond acceptors (Lipinski definition) is 5. The Hall–Kier alpha value is -1.47. The quantitative estimate of drug-likeness (QED) is 0.602. The molecule has 0 atom stereocenters. The molecular formula is C15H23N5S2. The van der Waals surface area contributed by atoms with Crippen molar-refractivity contribution < 1.29 is 0 Å². The second-order valence-corrected chi connectivity index (χ2v) is 6.82. The van der Waals surface area contributed by atoms with Crippen LogP contribution < -0.4 is 10.6 Å². The van der Waals surface area contributed by atoms with Crippen molar-refractivity contribution in [3.8, 4) is 0 Å². The van der Waals surface area contributed by atoms with Gasteiger partial charge >= 0.3 is 0 Å². The summed E-state index contributed by atoms with van der Waals surface area (Å²) in [6.07, 6.45) is 1.89. The first-order chi connectivity index (χ1) is 10.7. The fourth-order valence-electron chi connectivity index (χ4n) is 1.92. The van der Waals surface area contributed by atoms with Gasteiger partial charge < -0.3 is 10.6 Å². The fourth-order valence-corrected chi connectivity index (χ4v) is 3.30. The molecule has 0 bridgehead atoms. The van der Waals surface area contributed by atoms with Crippen molar-refractivity contribution >= 4 is 28.6 Å². The molecule has 0 radical (unpaired) electrons. The molecule has 0 aliphatic heterocycles. The average Bonchev–Trinajstić information content (AvgIpc) is 3.13. The molecule has 0 aliphatic rings. The van der Waals surface area contributed by atoms with Crippen molar-refractivity contribution in [1.29, 1.82) is 0 Å². The summed E-state index contributed by atoms with van der Waals surface area (Å²) in [4.78, 5) is 13.6. The van der Waals surface area contributed by atoms with Gasteiger partial charge in [-0.25, -0.2) is 15.0 Å². The molecule has 0 fully saturated rings. The van der Waals surface area contributed by atoms with E-state index in [9.17, 15) is 0 Å². The highest BCUT2D eigenvalue weighted by Crippen LogP contribution is 2.11. The predicted molar refractivity (Wildman–Crippen MR) is 94.9 cm³/mol. The lowest BCUT2D eigenvalue weighted by Gasteiger charge is -2.10. The van der Waals surface area contributed by atoms with E-state index >= 15 is 0 Å². The number of guanidine groups is 1. The van der Waals surface area contributed by atoms with Gasteiger partial charge in [-0.1, -0.05) is 6.92 Å². The first kappa shape index (κ1) is 16.9. The maximum Gasteiger partial charge on any atom is 0.191 e. The van der Waals surface area contributed by atoms with Crippen LogP contribution in [-0.4, -0.2) is 29.0 Å². The minimum absolute atomic E-state index is 0.613. The lowest BCUT2D eigenvalue weighted by atomic mass is 10.3. The Morgan fingerprint density at radius 3 is 2.59 bits per heavy atom. The van der Waals surface area contributed by atoms with Crippen LogP contribution in [0.5, 0.6) is 0 Å². The zero-order valence-corrected chi connectivity index (χ0v) is 15.0. The van der Waals surface area contributed by atoms with Crippen molar-refractivity contribution in [3.05, 3.63) is 32.2 Å². The second-order valence-electron chi connectivity index (χ2n) is 4.82. The summed E-state index contributed by atoms with van der Waals surface area (Å²) in [5.41, 5.74) is 2.17. The van der Waals surface area contributed by atoms with Crippen LogP contribution in [0.4, 0.5) is 0 Å². The highest BCUT2D eigenvalue weighted by atomic mass is 32.1. The standard InChI is InChI=1S/C15H23N5S2/c1-4-14-20-13(10-22-14)8-18-15(16-5-2)17-7-6-12-9-21-11(3)19-12/h9-10H,4-8H2,1-3H3,(H2,16,17,18). The van der Waals surface area contributed by atoms with Gasteiger partial charge in [-0.15, -0.1) is 22.7 Å². The fraction of sp³-hybridized carbons (Fsp3) is 0.533. The van der Waals surface area contributed by atoms with Crippen LogP contribution in [0.3, 0.4) is 0 Å². The number of aromatic nitrogens is 2. The van der Waals surface area contributed by atoms with E-state index in [-0.39, 0.29) is 0 Å². The topological polar surface area (TPSA) is 62.2 Å². The molecule has 2 N–H and O–H groups in total. The van der Waals surface area contributed by atoms with E-state index in [0.717, 1.165) is 48.3 Å². The Kier molecular flexibility index (Phi) is 6.79. The van der Waals surface area contributed by atoms with Crippen molar-refractivity contribution in [2.75, 3.05) is 13.1 Å². The number of nitrogens with zero attached hydrogens (tertiary/aromatic N) is 3. The summed E-state index contributed by atoms with van der Waals surface area (Å²) in [5.74, 6) is 0.834. The maximum absolute atomic E-state index is 4.59. The Morgan fingerprint density at radius 1 is 1.14 bits per heavy atom. The predicted octanol–water partition coefficient (Wildman–Crippen LogP) is 2.77. The maximum atomic E-state index is 4.59. The van der Waals surface area contributed by atoms with Gasteiger partial charge in [-0.3, -0.25) is 0 Å². The third-order valence-electron chi connectivity index (χ3n) is 2.99. The number of hydrogen-bond donors (Lipinski definition) is 2. The van der Waals surface area contributed by atoms with Crippen LogP contribution in [0.1, 0.15) is 35.3 Å². The second kappa shape index (κ2) is 8.85. The van der Waals surface area contributed by atoms with E-state index < -0.39 is 0 Å². The van der Waals surface area contributed by atoms with E-state index in [1.165, 1.54) is 5.01 Å². The van der Waals surface area contributed by atoms with Crippen LogP contribution in [0.15, 0.2) is 15.8 Å². The molecule has 2 aromatic rings. The van der Waals surface area contributed by atoms with E-state index in [1.807, 2.05) is 6.92 Å². The Morgan fingerprint density at radius 2 is 1.95 bits per heavy atom. The molecular weight excluding hydrogens is 314 g/mol. The van der Waals surface area contributed by atoms with Crippen LogP contribution in [-0.2, 0) is 19.4 Å². The monoisotopic (exact) mass is 337 g/mol. The Labute approximate surface area is 139 Å². The molecule has 22 heavy (non-hydrogen) atoms. The van der Waals surface area contributed by atoms with E-state index in [4.69, 9.17) is 0 Å². The molecule has 5 nitrogen and oxygen atoms in total. The smallest absolute Gasteiger partial charge is 0.191 e. The van der Waals surface area contributed by atoms with Crippen molar-refractivity contribution in [2.24, 2.45) is 4.99 Å². The molecule has 0 unspecified atom stereocenters. The van der Waals surface area contributed by atoms with Gasteiger partial charge in [0, 0.05) is 30.3 Å². The molecule has 0 saturated carbocycles. The van der Waals surface area contributed by atoms with Gasteiger partial charge in [0.05, 0.1) is 27.9 Å². The van der Waals surface area contributed by atoms with Gasteiger partial charge in [0.1, 0.15) is 0 Å². The number of rotatable bonds is 7. The molecule has 0 amide bonds. The average molecular weight is 338 g/mol. The van der Waals surface area contributed by atoms with Crippen molar-refractivity contribution in [2.45, 2.75) is 40.2 Å². The van der Waals surface area contributed by atoms with Crippen LogP contribution in [0, 0.1) is 6.92 Å². The zero-order valence-electron chi connectivity index (χ0n) is 13.3. The van der Waals surface area contributed by atoms with Crippen LogP contribution in [0.25, 0.3) is 0 Å². The van der Waals surface area contributed by atoms with Crippen molar-refractivity contribution in [3.63, 3.8) is 0 Å². The molecule has 0 aromatic carbocycles. The third-order valence-corrected chi connectivity index (χ3v) is 4.85. The summed E-state index contributed by atoms with van der Waals surface area (Å²) in [5, 5.41) is 13.1. The van der Waals surface area contributed by atoms with Crippen LogP contribution >= 0.6 is 22.7 Å². The Bertz CT molecular complexity index is 603. The number of thiazole rings is 2. The van der Waals surface area contributed by atoms with Gasteiger partial charge in [0.25, 0.3) is 0 Å². The number of aliphatic imine (C=N–C) groups is 1. The Balaban J connectivity index is 1.83. The highest BCUT2D eigenvalue weighted by molar-refractivity contribution is 7.09. The molecule has 0 spiro atoms. The molecule has 120 valence electrons. The molecule has 0 saturated heterocycles. The molecule has 2 heterocycles. The first-order valence-electron chi connectivity index (χ1n) is 7.57. The van der Waals surface area contributed by atoms with Gasteiger partial charge in [0.15, 0.2) is 5.96 Å². The SMILES string of the molecule is CCNC(=NCc1csc(CC)n1)NCCc1csc(C)n1. The molecule has 2 aromatic heterocycles. The van der Waals surface area contributed by atoms with E-state index in [0.29, 0.717) is 6.54 Å². The molecule has 2 rings (SSSR count). The minimum Gasteiger partial charge on any atom is -0.357 e. The van der Waals surface area contributed by atoms with Gasteiger partial charge in [0.2, 0.25) is 0 Å². The zero-order chi connectivity index (χ0) is 15.8. The van der Waals surface area contributed by atoms with Gasteiger partial charge in [-0.05, 0) is 20.3 Å². The first-order valence-corrected chi connectivity index (χ1v) is 9.33. The summed E-state index contributed by atoms with van der Waals surface area (Å²) in [6, 6.07) is 0. The van der Waals surface area contributed by atoms with E-state index in [2.05, 4.69) is 50.2 Å². The molecule has 0 aliphatic carbocycles.